The molecule has 0 amide bonds. The standard InChI is InChI=1S/C16H25NO3/c1-12-7-6-8-14(11-12)19-10-9-17-13(2)15(18)20-16(3,4)5/h6-8,11,13,17H,9-10H2,1-5H3. The van der Waals surface area contributed by atoms with Gasteiger partial charge in [0.2, 0.25) is 0 Å². The summed E-state index contributed by atoms with van der Waals surface area (Å²) in [6.07, 6.45) is 0. The lowest BCUT2D eigenvalue weighted by Crippen LogP contribution is -2.40. The Labute approximate surface area is 121 Å². The average Bonchev–Trinajstić information content (AvgIpc) is 2.32. The van der Waals surface area contributed by atoms with Crippen LogP contribution in [0.3, 0.4) is 0 Å². The third-order valence-corrected chi connectivity index (χ3v) is 2.57. The lowest BCUT2D eigenvalue weighted by molar-refractivity contribution is -0.156. The Balaban J connectivity index is 2.25. The molecule has 0 saturated carbocycles. The van der Waals surface area contributed by atoms with Gasteiger partial charge in [-0.3, -0.25) is 4.79 Å². The highest BCUT2D eigenvalue weighted by atomic mass is 16.6. The van der Waals surface area contributed by atoms with Crippen LogP contribution in [0.2, 0.25) is 0 Å². The summed E-state index contributed by atoms with van der Waals surface area (Å²) in [5.74, 6) is 0.602. The summed E-state index contributed by atoms with van der Waals surface area (Å²) in [6, 6.07) is 7.55. The predicted molar refractivity (Wildman–Crippen MR) is 80.0 cm³/mol. The molecular weight excluding hydrogens is 254 g/mol. The van der Waals surface area contributed by atoms with Gasteiger partial charge in [-0.15, -0.1) is 0 Å². The molecule has 0 aliphatic heterocycles. The summed E-state index contributed by atoms with van der Waals surface area (Å²) < 4.78 is 10.9. The molecule has 112 valence electrons. The minimum absolute atomic E-state index is 0.243. The van der Waals surface area contributed by atoms with Gasteiger partial charge in [-0.05, 0) is 52.3 Å². The number of esters is 1. The molecule has 1 aromatic carbocycles. The summed E-state index contributed by atoms with van der Waals surface area (Å²) in [5, 5.41) is 3.09. The number of nitrogens with one attached hydrogen (secondary N) is 1. The van der Waals surface area contributed by atoms with Gasteiger partial charge in [-0.25, -0.2) is 0 Å². The van der Waals surface area contributed by atoms with Crippen molar-refractivity contribution in [3.63, 3.8) is 0 Å². The molecule has 1 atom stereocenters. The molecule has 0 heterocycles. The van der Waals surface area contributed by atoms with Crippen molar-refractivity contribution in [2.24, 2.45) is 0 Å². The number of carbonyl (C=O) groups excluding carboxylic acids is 1. The molecule has 0 bridgehead atoms. The van der Waals surface area contributed by atoms with Crippen LogP contribution in [-0.4, -0.2) is 30.8 Å². The zero-order valence-corrected chi connectivity index (χ0v) is 13.0. The highest BCUT2D eigenvalue weighted by Gasteiger charge is 2.20. The summed E-state index contributed by atoms with van der Waals surface area (Å²) in [5.41, 5.74) is 0.711. The Hall–Kier alpha value is -1.55. The van der Waals surface area contributed by atoms with Crippen LogP contribution in [0.15, 0.2) is 24.3 Å². The van der Waals surface area contributed by atoms with Crippen molar-refractivity contribution in [1.29, 1.82) is 0 Å². The maximum absolute atomic E-state index is 11.7. The molecule has 0 aromatic heterocycles. The second kappa shape index (κ2) is 7.29. The van der Waals surface area contributed by atoms with Crippen LogP contribution in [0.4, 0.5) is 0 Å². The van der Waals surface area contributed by atoms with Crippen molar-refractivity contribution >= 4 is 5.97 Å². The Morgan fingerprint density at radius 1 is 1.35 bits per heavy atom. The zero-order chi connectivity index (χ0) is 15.2. The molecule has 4 heteroatoms. The Morgan fingerprint density at radius 3 is 2.65 bits per heavy atom. The zero-order valence-electron chi connectivity index (χ0n) is 13.0. The first-order valence-electron chi connectivity index (χ1n) is 6.93. The maximum atomic E-state index is 11.7. The Bertz CT molecular complexity index is 438. The quantitative estimate of drug-likeness (QED) is 0.642. The van der Waals surface area contributed by atoms with Crippen LogP contribution in [0.25, 0.3) is 0 Å². The van der Waals surface area contributed by atoms with Gasteiger partial charge in [0.25, 0.3) is 0 Å². The first kappa shape index (κ1) is 16.5. The molecule has 0 aliphatic carbocycles. The van der Waals surface area contributed by atoms with Crippen LogP contribution < -0.4 is 10.1 Å². The fourth-order valence-corrected chi connectivity index (χ4v) is 1.62. The number of hydrogen-bond donors (Lipinski definition) is 1. The van der Waals surface area contributed by atoms with E-state index in [0.29, 0.717) is 13.2 Å². The molecule has 4 nitrogen and oxygen atoms in total. The molecule has 20 heavy (non-hydrogen) atoms. The van der Waals surface area contributed by atoms with Crippen LogP contribution >= 0.6 is 0 Å². The number of benzene rings is 1. The Kier molecular flexibility index (Phi) is 6.02. The summed E-state index contributed by atoms with van der Waals surface area (Å²) in [7, 11) is 0. The predicted octanol–water partition coefficient (Wildman–Crippen LogP) is 2.69. The largest absolute Gasteiger partial charge is 0.492 e. The van der Waals surface area contributed by atoms with E-state index in [4.69, 9.17) is 9.47 Å². The van der Waals surface area contributed by atoms with Crippen LogP contribution in [-0.2, 0) is 9.53 Å². The minimum atomic E-state index is -0.453. The van der Waals surface area contributed by atoms with Crippen molar-refractivity contribution in [2.75, 3.05) is 13.2 Å². The van der Waals surface area contributed by atoms with Crippen molar-refractivity contribution in [1.82, 2.24) is 5.32 Å². The normalized spacial score (nSPS) is 12.8. The molecule has 1 rings (SSSR count). The SMILES string of the molecule is Cc1cccc(OCCNC(C)C(=O)OC(C)(C)C)c1. The second-order valence-corrected chi connectivity index (χ2v) is 5.87. The first-order valence-corrected chi connectivity index (χ1v) is 6.93. The summed E-state index contributed by atoms with van der Waals surface area (Å²) in [4.78, 5) is 11.7. The van der Waals surface area contributed by atoms with Crippen LogP contribution in [0.1, 0.15) is 33.3 Å². The van der Waals surface area contributed by atoms with Gasteiger partial charge in [-0.2, -0.15) is 0 Å². The first-order chi connectivity index (χ1) is 9.28. The molecule has 0 spiro atoms. The highest BCUT2D eigenvalue weighted by molar-refractivity contribution is 5.75. The minimum Gasteiger partial charge on any atom is -0.492 e. The lowest BCUT2D eigenvalue weighted by atomic mass is 10.2. The number of rotatable bonds is 6. The molecule has 1 N–H and O–H groups in total. The van der Waals surface area contributed by atoms with Crippen molar-refractivity contribution in [3.8, 4) is 5.75 Å². The van der Waals surface area contributed by atoms with Crippen molar-refractivity contribution < 1.29 is 14.3 Å². The number of hydrogen-bond acceptors (Lipinski definition) is 4. The van der Waals surface area contributed by atoms with E-state index in [-0.39, 0.29) is 12.0 Å². The molecule has 1 unspecified atom stereocenters. The van der Waals surface area contributed by atoms with E-state index in [1.807, 2.05) is 52.0 Å². The van der Waals surface area contributed by atoms with Crippen LogP contribution in [0, 0.1) is 6.92 Å². The van der Waals surface area contributed by atoms with Gasteiger partial charge in [-0.1, -0.05) is 12.1 Å². The van der Waals surface area contributed by atoms with Gasteiger partial charge in [0.1, 0.15) is 24.0 Å². The monoisotopic (exact) mass is 279 g/mol. The van der Waals surface area contributed by atoms with E-state index < -0.39 is 5.60 Å². The van der Waals surface area contributed by atoms with E-state index >= 15 is 0 Å². The molecule has 1 aromatic rings. The molecule has 0 aliphatic rings. The highest BCUT2D eigenvalue weighted by Crippen LogP contribution is 2.12. The van der Waals surface area contributed by atoms with E-state index in [0.717, 1.165) is 11.3 Å². The van der Waals surface area contributed by atoms with Gasteiger partial charge in [0.15, 0.2) is 0 Å². The lowest BCUT2D eigenvalue weighted by Gasteiger charge is -2.22. The van der Waals surface area contributed by atoms with Gasteiger partial charge >= 0.3 is 5.97 Å². The summed E-state index contributed by atoms with van der Waals surface area (Å²) in [6.45, 7) is 10.5. The number of carbonyl (C=O) groups is 1. The van der Waals surface area contributed by atoms with Gasteiger partial charge in [0.05, 0.1) is 0 Å². The van der Waals surface area contributed by atoms with E-state index in [1.54, 1.807) is 6.92 Å². The van der Waals surface area contributed by atoms with E-state index in [2.05, 4.69) is 5.32 Å². The maximum Gasteiger partial charge on any atom is 0.323 e. The number of aryl methyl sites for hydroxylation is 1. The van der Waals surface area contributed by atoms with Gasteiger partial charge in [0, 0.05) is 6.54 Å². The topological polar surface area (TPSA) is 47.6 Å². The third-order valence-electron chi connectivity index (χ3n) is 2.57. The number of ether oxygens (including phenoxy) is 2. The van der Waals surface area contributed by atoms with Crippen LogP contribution in [0.5, 0.6) is 5.75 Å². The van der Waals surface area contributed by atoms with E-state index in [9.17, 15) is 4.79 Å². The van der Waals surface area contributed by atoms with Crippen molar-refractivity contribution in [2.45, 2.75) is 46.3 Å². The average molecular weight is 279 g/mol. The Morgan fingerprint density at radius 2 is 2.05 bits per heavy atom. The van der Waals surface area contributed by atoms with Crippen molar-refractivity contribution in [3.05, 3.63) is 29.8 Å². The van der Waals surface area contributed by atoms with E-state index in [1.165, 1.54) is 0 Å². The molecular formula is C16H25NO3. The molecule has 0 radical (unpaired) electrons. The molecule has 0 fully saturated rings. The second-order valence-electron chi connectivity index (χ2n) is 5.87. The fourth-order valence-electron chi connectivity index (χ4n) is 1.62. The third kappa shape index (κ3) is 6.57. The fraction of sp³-hybridized carbons (Fsp3) is 0.562. The van der Waals surface area contributed by atoms with Gasteiger partial charge < -0.3 is 14.8 Å². The molecule has 0 saturated heterocycles. The smallest absolute Gasteiger partial charge is 0.323 e. The summed E-state index contributed by atoms with van der Waals surface area (Å²) >= 11 is 0.